The van der Waals surface area contributed by atoms with Gasteiger partial charge in [0.15, 0.2) is 17.5 Å². The van der Waals surface area contributed by atoms with E-state index in [4.69, 9.17) is 4.98 Å². The first kappa shape index (κ1) is 24.9. The Morgan fingerprint density at radius 1 is 1.10 bits per heavy atom. The topological polar surface area (TPSA) is 132 Å². The van der Waals surface area contributed by atoms with Crippen LogP contribution in [0.2, 0.25) is 0 Å². The summed E-state index contributed by atoms with van der Waals surface area (Å²) in [6.07, 6.45) is 8.49. The van der Waals surface area contributed by atoms with Crippen LogP contribution in [0.4, 0.5) is 15.9 Å². The average molecular weight is 529 g/mol. The van der Waals surface area contributed by atoms with Crippen molar-refractivity contribution in [3.8, 4) is 22.8 Å². The summed E-state index contributed by atoms with van der Waals surface area (Å²) >= 11 is 0. The smallest absolute Gasteiger partial charge is 0.224 e. The van der Waals surface area contributed by atoms with Gasteiger partial charge in [-0.3, -0.25) is 19.9 Å². The monoisotopic (exact) mass is 528 g/mol. The number of hydrogen-bond donors (Lipinski definition) is 3. The number of anilines is 2. The van der Waals surface area contributed by atoms with Crippen molar-refractivity contribution >= 4 is 39.3 Å². The zero-order valence-electron chi connectivity index (χ0n) is 21.8. The normalized spacial score (nSPS) is 14.4. The summed E-state index contributed by atoms with van der Waals surface area (Å²) in [6, 6.07) is 3.53. The van der Waals surface area contributed by atoms with Gasteiger partial charge in [-0.15, -0.1) is 0 Å². The Balaban J connectivity index is 1.37. The minimum absolute atomic E-state index is 0.105. The van der Waals surface area contributed by atoms with Gasteiger partial charge in [0.2, 0.25) is 5.91 Å². The molecule has 5 aromatic rings. The number of nitrogens with one attached hydrogen (secondary N) is 3. The van der Waals surface area contributed by atoms with Gasteiger partial charge in [0, 0.05) is 50.6 Å². The number of unbranched alkanes of at least 4 members (excludes halogenated alkanes) is 1. The lowest BCUT2D eigenvalue weighted by atomic mass is 10.1. The van der Waals surface area contributed by atoms with Gasteiger partial charge in [0.05, 0.1) is 34.5 Å². The number of rotatable bonds is 7. The molecule has 0 radical (unpaired) electrons. The lowest BCUT2D eigenvalue weighted by Crippen LogP contribution is -2.44. The number of halogens is 1. The number of aromatic amines is 2. The van der Waals surface area contributed by atoms with E-state index in [1.807, 2.05) is 13.0 Å². The molecule has 3 N–H and O–H groups in total. The van der Waals surface area contributed by atoms with Crippen LogP contribution in [-0.4, -0.2) is 79.2 Å². The molecule has 1 fully saturated rings. The number of amides is 1. The highest BCUT2D eigenvalue weighted by molar-refractivity contribution is 5.97. The second-order valence-corrected chi connectivity index (χ2v) is 9.80. The van der Waals surface area contributed by atoms with Crippen molar-refractivity contribution in [2.75, 3.05) is 43.4 Å². The van der Waals surface area contributed by atoms with Crippen molar-refractivity contribution in [3.63, 3.8) is 0 Å². The summed E-state index contributed by atoms with van der Waals surface area (Å²) < 4.78 is 16.1. The Morgan fingerprint density at radius 2 is 1.95 bits per heavy atom. The first-order chi connectivity index (χ1) is 19.0. The zero-order valence-corrected chi connectivity index (χ0v) is 21.8. The Hall–Kier alpha value is -4.45. The van der Waals surface area contributed by atoms with Crippen molar-refractivity contribution in [2.45, 2.75) is 26.2 Å². The maximum atomic E-state index is 16.1. The van der Waals surface area contributed by atoms with Crippen LogP contribution >= 0.6 is 0 Å². The molecular weight excluding hydrogens is 499 g/mol. The number of aromatic nitrogens is 7. The Bertz CT molecular complexity index is 1650. The van der Waals surface area contributed by atoms with E-state index < -0.39 is 5.82 Å². The lowest BCUT2D eigenvalue weighted by Gasteiger charge is -2.33. The number of hydrogen-bond acceptors (Lipinski definition) is 8. The Kier molecular flexibility index (Phi) is 6.61. The first-order valence-electron chi connectivity index (χ1n) is 13.1. The summed E-state index contributed by atoms with van der Waals surface area (Å²) in [4.78, 5) is 37.9. The third kappa shape index (κ3) is 4.78. The SMILES string of the molecule is CCCCC(=O)Nc1cncc(-c2ncc3[nH]nc(-c4nc5c(N6CCN(C)CC6)nccc5[nH]4)c3c2F)c1. The minimum Gasteiger partial charge on any atom is -0.352 e. The molecule has 200 valence electrons. The van der Waals surface area contributed by atoms with E-state index >= 15 is 4.39 Å². The van der Waals surface area contributed by atoms with Crippen LogP contribution in [-0.2, 0) is 4.79 Å². The fraction of sp³-hybridized carbons (Fsp3) is 0.333. The summed E-state index contributed by atoms with van der Waals surface area (Å²) in [5, 5.41) is 10.4. The zero-order chi connectivity index (χ0) is 26.9. The molecule has 5 aromatic heterocycles. The highest BCUT2D eigenvalue weighted by Gasteiger charge is 2.23. The number of carbonyl (C=O) groups is 1. The molecule has 0 spiro atoms. The van der Waals surface area contributed by atoms with E-state index in [-0.39, 0.29) is 17.0 Å². The van der Waals surface area contributed by atoms with Crippen LogP contribution in [0, 0.1) is 5.82 Å². The largest absolute Gasteiger partial charge is 0.352 e. The average Bonchev–Trinajstić information content (AvgIpc) is 3.57. The van der Waals surface area contributed by atoms with E-state index in [0.717, 1.165) is 55.9 Å². The van der Waals surface area contributed by atoms with E-state index in [1.165, 1.54) is 18.6 Å². The van der Waals surface area contributed by atoms with E-state index in [2.05, 4.69) is 52.3 Å². The predicted molar refractivity (Wildman–Crippen MR) is 148 cm³/mol. The van der Waals surface area contributed by atoms with Crippen molar-refractivity contribution in [3.05, 3.63) is 42.7 Å². The molecule has 1 aliphatic rings. The van der Waals surface area contributed by atoms with Crippen LogP contribution in [0.3, 0.4) is 0 Å². The van der Waals surface area contributed by atoms with Crippen LogP contribution in [0.1, 0.15) is 26.2 Å². The Labute approximate surface area is 223 Å². The molecule has 0 aromatic carbocycles. The molecule has 6 rings (SSSR count). The van der Waals surface area contributed by atoms with Gasteiger partial charge in [0.25, 0.3) is 0 Å². The van der Waals surface area contributed by atoms with Gasteiger partial charge >= 0.3 is 0 Å². The molecule has 0 saturated carbocycles. The third-order valence-electron chi connectivity index (χ3n) is 7.01. The molecule has 6 heterocycles. The number of fused-ring (bicyclic) bond motifs is 2. The molecule has 1 amide bonds. The molecule has 1 aliphatic heterocycles. The van der Waals surface area contributed by atoms with Gasteiger partial charge in [-0.2, -0.15) is 5.10 Å². The highest BCUT2D eigenvalue weighted by Crippen LogP contribution is 2.34. The molecule has 1 saturated heterocycles. The summed E-state index contributed by atoms with van der Waals surface area (Å²) in [7, 11) is 2.11. The van der Waals surface area contributed by atoms with E-state index in [9.17, 15) is 4.79 Å². The molecule has 39 heavy (non-hydrogen) atoms. The van der Waals surface area contributed by atoms with Gasteiger partial charge < -0.3 is 20.1 Å². The Morgan fingerprint density at radius 3 is 2.77 bits per heavy atom. The van der Waals surface area contributed by atoms with Crippen LogP contribution in [0.25, 0.3) is 44.7 Å². The van der Waals surface area contributed by atoms with Crippen molar-refractivity contribution in [2.24, 2.45) is 0 Å². The lowest BCUT2D eigenvalue weighted by molar-refractivity contribution is -0.116. The number of carbonyl (C=O) groups excluding carboxylic acids is 1. The number of likely N-dealkylation sites (N-methyl/N-ethyl adjacent to an activating group) is 1. The fourth-order valence-electron chi connectivity index (χ4n) is 4.83. The minimum atomic E-state index is -0.551. The third-order valence-corrected chi connectivity index (χ3v) is 7.01. The van der Waals surface area contributed by atoms with E-state index in [0.29, 0.717) is 34.7 Å². The van der Waals surface area contributed by atoms with Crippen molar-refractivity contribution < 1.29 is 9.18 Å². The first-order valence-corrected chi connectivity index (χ1v) is 13.1. The standard InChI is InChI=1S/C27H29FN10O/c1-3-4-5-20(39)32-17-12-16(13-29-14-17)23-22(28)21-19(15-31-23)35-36-25(21)26-33-18-6-7-30-27(24(18)34-26)38-10-8-37(2)9-11-38/h6-7,12-15H,3-5,8-11H2,1-2H3,(H,32,39)(H,33,34)(H,35,36). The molecule has 0 atom stereocenters. The van der Waals surface area contributed by atoms with Crippen molar-refractivity contribution in [1.29, 1.82) is 0 Å². The summed E-state index contributed by atoms with van der Waals surface area (Å²) in [5.41, 5.74) is 3.36. The highest BCUT2D eigenvalue weighted by atomic mass is 19.1. The number of imidazole rings is 1. The van der Waals surface area contributed by atoms with E-state index in [1.54, 1.807) is 12.3 Å². The quantitative estimate of drug-likeness (QED) is 0.289. The van der Waals surface area contributed by atoms with Crippen LogP contribution in [0.15, 0.2) is 36.9 Å². The predicted octanol–water partition coefficient (Wildman–Crippen LogP) is 3.98. The van der Waals surface area contributed by atoms with Gasteiger partial charge in [-0.25, -0.2) is 14.4 Å². The molecular formula is C27H29FN10O. The van der Waals surface area contributed by atoms with Gasteiger partial charge in [-0.1, -0.05) is 13.3 Å². The van der Waals surface area contributed by atoms with Gasteiger partial charge in [0.1, 0.15) is 16.9 Å². The number of pyridine rings is 3. The molecule has 11 nitrogen and oxygen atoms in total. The second kappa shape index (κ2) is 10.4. The fourth-order valence-corrected chi connectivity index (χ4v) is 4.83. The maximum Gasteiger partial charge on any atom is 0.224 e. The number of nitrogens with zero attached hydrogens (tertiary/aromatic N) is 7. The van der Waals surface area contributed by atoms with Crippen molar-refractivity contribution in [1.82, 2.24) is 40.0 Å². The number of H-pyrrole nitrogens is 2. The number of piperazine rings is 1. The van der Waals surface area contributed by atoms with Crippen LogP contribution in [0.5, 0.6) is 0 Å². The molecule has 0 bridgehead atoms. The summed E-state index contributed by atoms with van der Waals surface area (Å²) in [6.45, 7) is 5.62. The van der Waals surface area contributed by atoms with Gasteiger partial charge in [-0.05, 0) is 25.6 Å². The summed E-state index contributed by atoms with van der Waals surface area (Å²) in [5.74, 6) is 0.581. The second-order valence-electron chi connectivity index (χ2n) is 9.80. The molecule has 12 heteroatoms. The maximum absolute atomic E-state index is 16.1. The van der Waals surface area contributed by atoms with Crippen LogP contribution < -0.4 is 10.2 Å². The molecule has 0 aliphatic carbocycles. The molecule has 0 unspecified atom stereocenters.